The molecule has 0 saturated carbocycles. The summed E-state index contributed by atoms with van der Waals surface area (Å²) in [5.74, 6) is 0. The first-order valence-electron chi connectivity index (χ1n) is 8.69. The molecule has 1 aliphatic heterocycles. The Morgan fingerprint density at radius 3 is 2.80 bits per heavy atom. The molecule has 25 heavy (non-hydrogen) atoms. The van der Waals surface area contributed by atoms with Gasteiger partial charge in [0, 0.05) is 31.3 Å². The summed E-state index contributed by atoms with van der Waals surface area (Å²) in [5.41, 5.74) is 3.91. The second-order valence-electron chi connectivity index (χ2n) is 6.72. The normalized spacial score (nSPS) is 17.0. The van der Waals surface area contributed by atoms with E-state index in [9.17, 15) is 4.79 Å². The molecule has 6 heteroatoms. The number of fused-ring (bicyclic) bond motifs is 1. The first-order valence-corrected chi connectivity index (χ1v) is 9.10. The number of hydrogen-bond acceptors (Lipinski definition) is 3. The maximum atomic E-state index is 12.5. The highest BCUT2D eigenvalue weighted by Gasteiger charge is 2.21. The molecule has 2 heterocycles. The van der Waals surface area contributed by atoms with Gasteiger partial charge in [-0.15, -0.1) is 0 Å². The minimum Gasteiger partial charge on any atom is -0.376 e. The van der Waals surface area contributed by atoms with Gasteiger partial charge in [-0.25, -0.2) is 0 Å². The Bertz CT molecular complexity index is 840. The number of H-pyrrole nitrogens is 1. The molecule has 1 aromatic heterocycles. The monoisotopic (exact) mass is 359 g/mol. The van der Waals surface area contributed by atoms with E-state index in [1.165, 1.54) is 11.1 Å². The van der Waals surface area contributed by atoms with E-state index in [2.05, 4.69) is 30.2 Å². The van der Waals surface area contributed by atoms with Gasteiger partial charge in [0.1, 0.15) is 0 Å². The summed E-state index contributed by atoms with van der Waals surface area (Å²) in [6, 6.07) is 6.12. The maximum Gasteiger partial charge on any atom is 0.253 e. The third-order valence-electron chi connectivity index (χ3n) is 4.85. The Hall–Kier alpha value is -1.92. The van der Waals surface area contributed by atoms with Crippen molar-refractivity contribution in [3.05, 3.63) is 45.2 Å². The van der Waals surface area contributed by atoms with Gasteiger partial charge in [-0.1, -0.05) is 0 Å². The van der Waals surface area contributed by atoms with E-state index < -0.39 is 0 Å². The number of hydrogen-bond donors (Lipinski definition) is 2. The number of ether oxygens (including phenoxy) is 1. The molecule has 3 rings (SSSR count). The number of aryl methyl sites for hydroxylation is 2. The molecule has 1 fully saturated rings. The Labute approximate surface area is 153 Å². The van der Waals surface area contributed by atoms with Crippen LogP contribution < -0.4 is 10.9 Å². The van der Waals surface area contributed by atoms with Crippen LogP contribution in [0.3, 0.4) is 0 Å². The molecule has 0 amide bonds. The number of benzene rings is 1. The van der Waals surface area contributed by atoms with Crippen LogP contribution in [0.15, 0.2) is 23.0 Å². The summed E-state index contributed by atoms with van der Waals surface area (Å²) >= 11 is 5.43. The van der Waals surface area contributed by atoms with Crippen molar-refractivity contribution in [2.45, 2.75) is 39.3 Å². The molecule has 2 N–H and O–H groups in total. The van der Waals surface area contributed by atoms with E-state index in [1.807, 2.05) is 24.1 Å². The number of nitrogens with zero attached hydrogens (tertiary/aromatic N) is 1. The summed E-state index contributed by atoms with van der Waals surface area (Å²) < 4.78 is 5.73. The van der Waals surface area contributed by atoms with Crippen LogP contribution in [0.4, 0.5) is 0 Å². The Morgan fingerprint density at radius 2 is 2.12 bits per heavy atom. The van der Waals surface area contributed by atoms with Crippen LogP contribution in [-0.4, -0.2) is 41.3 Å². The molecule has 5 nitrogen and oxygen atoms in total. The largest absolute Gasteiger partial charge is 0.376 e. The van der Waals surface area contributed by atoms with Gasteiger partial charge in [0.05, 0.1) is 12.6 Å². The third-order valence-corrected chi connectivity index (χ3v) is 5.31. The predicted octanol–water partition coefficient (Wildman–Crippen LogP) is 2.63. The highest BCUT2D eigenvalue weighted by molar-refractivity contribution is 7.80. The van der Waals surface area contributed by atoms with Gasteiger partial charge < -0.3 is 19.9 Å². The van der Waals surface area contributed by atoms with Gasteiger partial charge in [0.15, 0.2) is 5.11 Å². The molecule has 0 spiro atoms. The predicted molar refractivity (Wildman–Crippen MR) is 105 cm³/mol. The summed E-state index contributed by atoms with van der Waals surface area (Å²) in [4.78, 5) is 17.6. The molecule has 1 aromatic carbocycles. The van der Waals surface area contributed by atoms with Crippen LogP contribution in [0.2, 0.25) is 0 Å². The minimum atomic E-state index is -0.0630. The van der Waals surface area contributed by atoms with Crippen molar-refractivity contribution in [3.8, 4) is 0 Å². The first-order chi connectivity index (χ1) is 12.0. The van der Waals surface area contributed by atoms with Crippen LogP contribution in [0, 0.1) is 13.8 Å². The smallest absolute Gasteiger partial charge is 0.253 e. The van der Waals surface area contributed by atoms with E-state index in [1.54, 1.807) is 0 Å². The van der Waals surface area contributed by atoms with Crippen molar-refractivity contribution in [3.63, 3.8) is 0 Å². The van der Waals surface area contributed by atoms with E-state index in [-0.39, 0.29) is 11.7 Å². The zero-order chi connectivity index (χ0) is 18.0. The zero-order valence-electron chi connectivity index (χ0n) is 15.0. The Kier molecular flexibility index (Phi) is 5.39. The minimum absolute atomic E-state index is 0.0630. The zero-order valence-corrected chi connectivity index (χ0v) is 15.8. The lowest BCUT2D eigenvalue weighted by molar-refractivity contribution is 0.0898. The van der Waals surface area contributed by atoms with E-state index in [4.69, 9.17) is 17.0 Å². The molecule has 0 aliphatic carbocycles. The van der Waals surface area contributed by atoms with Crippen molar-refractivity contribution in [2.75, 3.05) is 20.2 Å². The van der Waals surface area contributed by atoms with Gasteiger partial charge in [0.25, 0.3) is 5.56 Å². The van der Waals surface area contributed by atoms with Gasteiger partial charge >= 0.3 is 0 Å². The number of nitrogens with one attached hydrogen (secondary N) is 2. The van der Waals surface area contributed by atoms with Crippen LogP contribution in [-0.2, 0) is 11.3 Å². The second-order valence-corrected chi connectivity index (χ2v) is 7.10. The molecule has 1 aliphatic rings. The third kappa shape index (κ3) is 4.02. The summed E-state index contributed by atoms with van der Waals surface area (Å²) in [7, 11) is 1.81. The number of thiocarbonyl (C=S) groups is 1. The molecule has 1 saturated heterocycles. The average Bonchev–Trinajstić information content (AvgIpc) is 3.09. The van der Waals surface area contributed by atoms with Crippen molar-refractivity contribution < 1.29 is 4.74 Å². The fraction of sp³-hybridized carbons (Fsp3) is 0.474. The molecule has 0 bridgehead atoms. The number of rotatable bonds is 4. The lowest BCUT2D eigenvalue weighted by Gasteiger charge is -2.27. The van der Waals surface area contributed by atoms with Crippen LogP contribution in [0.5, 0.6) is 0 Å². The molecule has 134 valence electrons. The fourth-order valence-electron chi connectivity index (χ4n) is 3.26. The van der Waals surface area contributed by atoms with Crippen molar-refractivity contribution in [1.29, 1.82) is 0 Å². The summed E-state index contributed by atoms with van der Waals surface area (Å²) in [6.07, 6.45) is 2.30. The van der Waals surface area contributed by atoms with Gasteiger partial charge in [-0.3, -0.25) is 4.79 Å². The quantitative estimate of drug-likeness (QED) is 0.822. The second kappa shape index (κ2) is 7.54. The molecular formula is C19H25N3O2S. The SMILES string of the molecule is CNC(=S)N(Cc1cc2cc(C)c(C)cc2[nH]c1=O)C[C@@H]1CCCO1. The molecule has 0 radical (unpaired) electrons. The highest BCUT2D eigenvalue weighted by atomic mass is 32.1. The number of pyridine rings is 1. The first kappa shape index (κ1) is 17.9. The Morgan fingerprint density at radius 1 is 1.36 bits per heavy atom. The van der Waals surface area contributed by atoms with Gasteiger partial charge in [-0.05, 0) is 73.6 Å². The van der Waals surface area contributed by atoms with Gasteiger partial charge in [-0.2, -0.15) is 0 Å². The molecular weight excluding hydrogens is 334 g/mol. The maximum absolute atomic E-state index is 12.5. The van der Waals surface area contributed by atoms with Crippen molar-refractivity contribution in [1.82, 2.24) is 15.2 Å². The summed E-state index contributed by atoms with van der Waals surface area (Å²) in [5, 5.41) is 4.70. The topological polar surface area (TPSA) is 57.4 Å². The average molecular weight is 359 g/mol. The van der Waals surface area contributed by atoms with Crippen LogP contribution in [0.25, 0.3) is 10.9 Å². The van der Waals surface area contributed by atoms with E-state index in [0.717, 1.165) is 30.4 Å². The van der Waals surface area contributed by atoms with Crippen LogP contribution >= 0.6 is 12.2 Å². The van der Waals surface area contributed by atoms with Gasteiger partial charge in [0.2, 0.25) is 0 Å². The fourth-order valence-corrected chi connectivity index (χ4v) is 3.40. The van der Waals surface area contributed by atoms with E-state index >= 15 is 0 Å². The standard InChI is InChI=1S/C19H25N3O2S/c1-12-7-14-9-15(18(23)21-17(14)8-13(12)2)10-22(19(25)20-3)11-16-5-4-6-24-16/h7-9,16H,4-6,10-11H2,1-3H3,(H,20,25)(H,21,23)/t16-/m0/s1. The number of aromatic nitrogens is 1. The lowest BCUT2D eigenvalue weighted by atomic mass is 10.0. The van der Waals surface area contributed by atoms with E-state index in [0.29, 0.717) is 23.8 Å². The lowest BCUT2D eigenvalue weighted by Crippen LogP contribution is -2.42. The molecule has 0 unspecified atom stereocenters. The van der Waals surface area contributed by atoms with Crippen molar-refractivity contribution in [2.24, 2.45) is 0 Å². The molecule has 1 atom stereocenters. The summed E-state index contributed by atoms with van der Waals surface area (Å²) in [6.45, 7) is 6.11. The number of aromatic amines is 1. The van der Waals surface area contributed by atoms with Crippen LogP contribution in [0.1, 0.15) is 29.5 Å². The Balaban J connectivity index is 1.90. The highest BCUT2D eigenvalue weighted by Crippen LogP contribution is 2.19. The molecule has 2 aromatic rings. The van der Waals surface area contributed by atoms with Crippen molar-refractivity contribution >= 4 is 28.2 Å².